The summed E-state index contributed by atoms with van der Waals surface area (Å²) in [5.41, 5.74) is 1.15. The highest BCUT2D eigenvalue weighted by atomic mass is 32.1. The molecule has 0 aromatic carbocycles. The van der Waals surface area contributed by atoms with Crippen molar-refractivity contribution in [3.8, 4) is 0 Å². The maximum absolute atomic E-state index is 9.05. The molecule has 4 heteroatoms. The van der Waals surface area contributed by atoms with Crippen molar-refractivity contribution in [3.05, 3.63) is 15.6 Å². The molecule has 0 amide bonds. The molecule has 1 rings (SSSR count). The molecule has 0 aliphatic heterocycles. The third-order valence-corrected chi connectivity index (χ3v) is 3.20. The molecule has 0 saturated carbocycles. The summed E-state index contributed by atoms with van der Waals surface area (Å²) >= 11 is 1.62. The number of aromatic nitrogens is 1. The zero-order valence-corrected chi connectivity index (χ0v) is 10.5. The van der Waals surface area contributed by atoms with Crippen LogP contribution < -0.4 is 5.32 Å². The van der Waals surface area contributed by atoms with Gasteiger partial charge in [0.2, 0.25) is 0 Å². The van der Waals surface area contributed by atoms with Gasteiger partial charge in [-0.3, -0.25) is 0 Å². The van der Waals surface area contributed by atoms with E-state index in [9.17, 15) is 0 Å². The van der Waals surface area contributed by atoms with Crippen LogP contribution >= 0.6 is 11.3 Å². The molecule has 15 heavy (non-hydrogen) atoms. The molecule has 0 bridgehead atoms. The highest BCUT2D eigenvalue weighted by molar-refractivity contribution is 7.11. The molecule has 0 fully saturated rings. The Balaban J connectivity index is 2.69. The molecule has 0 atom stereocenters. The van der Waals surface area contributed by atoms with Gasteiger partial charge in [0.05, 0.1) is 12.3 Å². The first kappa shape index (κ1) is 12.6. The van der Waals surface area contributed by atoms with Crippen LogP contribution in [0.5, 0.6) is 0 Å². The van der Waals surface area contributed by atoms with Gasteiger partial charge in [-0.1, -0.05) is 27.2 Å². The zero-order valence-electron chi connectivity index (χ0n) is 9.71. The van der Waals surface area contributed by atoms with Gasteiger partial charge in [-0.05, 0) is 6.42 Å². The Labute approximate surface area is 95.6 Å². The minimum atomic E-state index is 0.0586. The average molecular weight is 228 g/mol. The standard InChI is InChI=1S/C11H20N2OS/c1-4-5-9-10(6-12-8(2)3)15-11(7-14)13-9/h8,12,14H,4-7H2,1-3H3. The van der Waals surface area contributed by atoms with Crippen molar-refractivity contribution in [2.75, 3.05) is 0 Å². The van der Waals surface area contributed by atoms with Gasteiger partial charge in [-0.2, -0.15) is 0 Å². The fourth-order valence-electron chi connectivity index (χ4n) is 1.37. The Bertz CT molecular complexity index is 297. The summed E-state index contributed by atoms with van der Waals surface area (Å²) in [4.78, 5) is 5.70. The lowest BCUT2D eigenvalue weighted by Crippen LogP contribution is -2.21. The van der Waals surface area contributed by atoms with Gasteiger partial charge in [0.15, 0.2) is 0 Å². The summed E-state index contributed by atoms with van der Waals surface area (Å²) in [5, 5.41) is 13.3. The predicted octanol–water partition coefficient (Wildman–Crippen LogP) is 2.09. The lowest BCUT2D eigenvalue weighted by molar-refractivity contribution is 0.281. The van der Waals surface area contributed by atoms with Crippen LogP contribution in [0.1, 0.15) is 42.8 Å². The van der Waals surface area contributed by atoms with Crippen molar-refractivity contribution in [1.82, 2.24) is 10.3 Å². The maximum atomic E-state index is 9.05. The molecule has 3 nitrogen and oxygen atoms in total. The summed E-state index contributed by atoms with van der Waals surface area (Å²) < 4.78 is 0. The van der Waals surface area contributed by atoms with Crippen molar-refractivity contribution < 1.29 is 5.11 Å². The second-order valence-corrected chi connectivity index (χ2v) is 5.09. The number of thiazole rings is 1. The lowest BCUT2D eigenvalue weighted by Gasteiger charge is -2.07. The van der Waals surface area contributed by atoms with Crippen LogP contribution in [-0.4, -0.2) is 16.1 Å². The molecular formula is C11H20N2OS. The number of hydrogen-bond acceptors (Lipinski definition) is 4. The van der Waals surface area contributed by atoms with E-state index < -0.39 is 0 Å². The van der Waals surface area contributed by atoms with Gasteiger partial charge in [0.1, 0.15) is 5.01 Å². The molecule has 0 unspecified atom stereocenters. The molecule has 0 aliphatic carbocycles. The van der Waals surface area contributed by atoms with Gasteiger partial charge in [-0.15, -0.1) is 11.3 Å². The maximum Gasteiger partial charge on any atom is 0.119 e. The van der Waals surface area contributed by atoms with Crippen molar-refractivity contribution in [2.24, 2.45) is 0 Å². The highest BCUT2D eigenvalue weighted by Gasteiger charge is 2.09. The van der Waals surface area contributed by atoms with E-state index >= 15 is 0 Å². The summed E-state index contributed by atoms with van der Waals surface area (Å²) in [6.07, 6.45) is 2.11. The van der Waals surface area contributed by atoms with E-state index in [-0.39, 0.29) is 6.61 Å². The van der Waals surface area contributed by atoms with E-state index in [1.807, 2.05) is 0 Å². The highest BCUT2D eigenvalue weighted by Crippen LogP contribution is 2.20. The molecular weight excluding hydrogens is 208 g/mol. The van der Waals surface area contributed by atoms with Crippen molar-refractivity contribution in [3.63, 3.8) is 0 Å². The smallest absolute Gasteiger partial charge is 0.119 e. The first-order valence-electron chi connectivity index (χ1n) is 5.49. The minimum Gasteiger partial charge on any atom is -0.389 e. The van der Waals surface area contributed by atoms with E-state index in [2.05, 4.69) is 31.1 Å². The molecule has 2 N–H and O–H groups in total. The zero-order chi connectivity index (χ0) is 11.3. The Morgan fingerprint density at radius 2 is 2.20 bits per heavy atom. The Morgan fingerprint density at radius 1 is 1.47 bits per heavy atom. The monoisotopic (exact) mass is 228 g/mol. The largest absolute Gasteiger partial charge is 0.389 e. The summed E-state index contributed by atoms with van der Waals surface area (Å²) in [6.45, 7) is 7.34. The van der Waals surface area contributed by atoms with Gasteiger partial charge in [0, 0.05) is 17.5 Å². The minimum absolute atomic E-state index is 0.0586. The van der Waals surface area contributed by atoms with E-state index in [1.54, 1.807) is 11.3 Å². The van der Waals surface area contributed by atoms with Crippen LogP contribution in [0.4, 0.5) is 0 Å². The number of rotatable bonds is 6. The number of hydrogen-bond donors (Lipinski definition) is 2. The number of aryl methyl sites for hydroxylation is 1. The molecule has 1 aromatic rings. The first-order chi connectivity index (χ1) is 7.17. The second kappa shape index (κ2) is 6.20. The average Bonchev–Trinajstić information content (AvgIpc) is 2.58. The van der Waals surface area contributed by atoms with Gasteiger partial charge in [0.25, 0.3) is 0 Å². The van der Waals surface area contributed by atoms with E-state index in [0.29, 0.717) is 6.04 Å². The summed E-state index contributed by atoms with van der Waals surface area (Å²) in [5.74, 6) is 0. The predicted molar refractivity (Wildman–Crippen MR) is 64.0 cm³/mol. The molecule has 0 radical (unpaired) electrons. The van der Waals surface area contributed by atoms with E-state index in [1.165, 1.54) is 4.88 Å². The van der Waals surface area contributed by atoms with Crippen molar-refractivity contribution in [1.29, 1.82) is 0 Å². The number of nitrogens with zero attached hydrogens (tertiary/aromatic N) is 1. The van der Waals surface area contributed by atoms with Gasteiger partial charge < -0.3 is 10.4 Å². The summed E-state index contributed by atoms with van der Waals surface area (Å²) in [7, 11) is 0. The summed E-state index contributed by atoms with van der Waals surface area (Å²) in [6, 6.07) is 0.485. The fraction of sp³-hybridized carbons (Fsp3) is 0.727. The lowest BCUT2D eigenvalue weighted by atomic mass is 10.2. The molecule has 0 saturated heterocycles. The van der Waals surface area contributed by atoms with Crippen LogP contribution in [0.25, 0.3) is 0 Å². The molecule has 0 aliphatic rings. The molecule has 0 spiro atoms. The number of nitrogens with one attached hydrogen (secondary N) is 1. The molecule has 1 heterocycles. The van der Waals surface area contributed by atoms with Crippen LogP contribution in [0.2, 0.25) is 0 Å². The van der Waals surface area contributed by atoms with Crippen molar-refractivity contribution >= 4 is 11.3 Å². The number of aliphatic hydroxyl groups is 1. The van der Waals surface area contributed by atoms with Crippen LogP contribution in [0, 0.1) is 0 Å². The van der Waals surface area contributed by atoms with Gasteiger partial charge >= 0.3 is 0 Å². The van der Waals surface area contributed by atoms with E-state index in [4.69, 9.17) is 5.11 Å². The Morgan fingerprint density at radius 3 is 2.73 bits per heavy atom. The Kier molecular flexibility index (Phi) is 5.22. The third-order valence-electron chi connectivity index (χ3n) is 2.12. The SMILES string of the molecule is CCCc1nc(CO)sc1CNC(C)C. The quantitative estimate of drug-likeness (QED) is 0.783. The molecule has 86 valence electrons. The molecule has 1 aromatic heterocycles. The first-order valence-corrected chi connectivity index (χ1v) is 6.30. The van der Waals surface area contributed by atoms with Crippen LogP contribution in [-0.2, 0) is 19.6 Å². The van der Waals surface area contributed by atoms with Crippen molar-refractivity contribution in [2.45, 2.75) is 52.8 Å². The van der Waals surface area contributed by atoms with Crippen LogP contribution in [0.3, 0.4) is 0 Å². The second-order valence-electron chi connectivity index (χ2n) is 3.92. The third kappa shape index (κ3) is 3.89. The van der Waals surface area contributed by atoms with E-state index in [0.717, 1.165) is 30.1 Å². The fourth-order valence-corrected chi connectivity index (χ4v) is 2.30. The Hall–Kier alpha value is -0.450. The topological polar surface area (TPSA) is 45.2 Å². The van der Waals surface area contributed by atoms with Crippen LogP contribution in [0.15, 0.2) is 0 Å². The number of aliphatic hydroxyl groups excluding tert-OH is 1. The normalized spacial score (nSPS) is 11.3. The van der Waals surface area contributed by atoms with Gasteiger partial charge in [-0.25, -0.2) is 4.98 Å².